The Morgan fingerprint density at radius 1 is 0.974 bits per heavy atom. The quantitative estimate of drug-likeness (QED) is 0.354. The molecule has 190 valence electrons. The summed E-state index contributed by atoms with van der Waals surface area (Å²) in [6.45, 7) is 0.113. The number of carbonyl (C=O) groups is 3. The van der Waals surface area contributed by atoms with E-state index in [9.17, 15) is 18.8 Å². The maximum atomic E-state index is 13.7. The Kier molecular flexibility index (Phi) is 7.15. The first kappa shape index (κ1) is 25.1. The van der Waals surface area contributed by atoms with Crippen molar-refractivity contribution in [3.8, 4) is 0 Å². The van der Waals surface area contributed by atoms with Crippen LogP contribution < -0.4 is 10.6 Å². The first-order valence-electron chi connectivity index (χ1n) is 11.8. The van der Waals surface area contributed by atoms with Gasteiger partial charge in [-0.25, -0.2) is 9.37 Å². The van der Waals surface area contributed by atoms with Crippen molar-refractivity contribution in [3.63, 3.8) is 0 Å². The van der Waals surface area contributed by atoms with E-state index >= 15 is 0 Å². The third-order valence-electron chi connectivity index (χ3n) is 6.23. The van der Waals surface area contributed by atoms with Gasteiger partial charge in [0.25, 0.3) is 11.8 Å². The molecule has 0 saturated carbocycles. The van der Waals surface area contributed by atoms with Crippen LogP contribution >= 0.6 is 11.6 Å². The van der Waals surface area contributed by atoms with Gasteiger partial charge in [0, 0.05) is 29.7 Å². The van der Waals surface area contributed by atoms with E-state index in [2.05, 4.69) is 15.6 Å². The maximum Gasteiger partial charge on any atom is 0.256 e. The largest absolute Gasteiger partial charge is 0.323 e. The van der Waals surface area contributed by atoms with E-state index in [1.807, 2.05) is 0 Å². The van der Waals surface area contributed by atoms with Crippen molar-refractivity contribution >= 4 is 40.8 Å². The summed E-state index contributed by atoms with van der Waals surface area (Å²) in [6, 6.07) is 21.7. The molecule has 2 heterocycles. The summed E-state index contributed by atoms with van der Waals surface area (Å²) < 4.78 is 13.5. The third kappa shape index (κ3) is 5.55. The van der Waals surface area contributed by atoms with Gasteiger partial charge in [-0.3, -0.25) is 14.4 Å². The van der Waals surface area contributed by atoms with E-state index in [1.165, 1.54) is 17.0 Å². The molecule has 1 aliphatic heterocycles. The van der Waals surface area contributed by atoms with Gasteiger partial charge in [-0.15, -0.1) is 0 Å². The lowest BCUT2D eigenvalue weighted by molar-refractivity contribution is -0.120. The zero-order chi connectivity index (χ0) is 26.6. The lowest BCUT2D eigenvalue weighted by Crippen LogP contribution is -2.46. The van der Waals surface area contributed by atoms with Crippen LogP contribution in [0.25, 0.3) is 0 Å². The highest BCUT2D eigenvalue weighted by atomic mass is 35.5. The van der Waals surface area contributed by atoms with E-state index in [0.717, 1.165) is 5.56 Å². The molecule has 1 aliphatic rings. The van der Waals surface area contributed by atoms with Gasteiger partial charge in [-0.1, -0.05) is 41.9 Å². The van der Waals surface area contributed by atoms with E-state index in [1.54, 1.807) is 79.0 Å². The summed E-state index contributed by atoms with van der Waals surface area (Å²) in [5.41, 5.74) is 2.50. The Bertz CT molecular complexity index is 1500. The van der Waals surface area contributed by atoms with Crippen LogP contribution in [0.4, 0.5) is 15.9 Å². The Balaban J connectivity index is 1.42. The zero-order valence-electron chi connectivity index (χ0n) is 20.0. The van der Waals surface area contributed by atoms with Crippen LogP contribution in [0.2, 0.25) is 5.02 Å². The minimum atomic E-state index is -0.869. The predicted molar refractivity (Wildman–Crippen MR) is 142 cm³/mol. The maximum absolute atomic E-state index is 13.7. The van der Waals surface area contributed by atoms with Gasteiger partial charge in [-0.05, 0) is 65.7 Å². The number of hydrogen-bond acceptors (Lipinski definition) is 4. The minimum Gasteiger partial charge on any atom is -0.323 e. The molecule has 2 N–H and O–H groups in total. The van der Waals surface area contributed by atoms with Crippen LogP contribution in [0.1, 0.15) is 31.8 Å². The number of benzene rings is 3. The summed E-state index contributed by atoms with van der Waals surface area (Å²) in [4.78, 5) is 45.2. The number of nitrogens with zero attached hydrogens (tertiary/aromatic N) is 2. The lowest BCUT2D eigenvalue weighted by atomic mass is 10.0. The number of hydrogen-bond donors (Lipinski definition) is 2. The molecule has 0 fully saturated rings. The number of aromatic nitrogens is 1. The van der Waals surface area contributed by atoms with E-state index < -0.39 is 6.04 Å². The summed E-state index contributed by atoms with van der Waals surface area (Å²) in [5, 5.41) is 5.94. The number of rotatable bonds is 6. The lowest BCUT2D eigenvalue weighted by Gasteiger charge is -2.29. The van der Waals surface area contributed by atoms with Gasteiger partial charge in [0.15, 0.2) is 0 Å². The van der Waals surface area contributed by atoms with Crippen molar-refractivity contribution in [3.05, 3.63) is 124 Å². The summed E-state index contributed by atoms with van der Waals surface area (Å²) >= 11 is 6.12. The minimum absolute atomic E-state index is 0.113. The highest BCUT2D eigenvalue weighted by Gasteiger charge is 2.35. The molecule has 7 nitrogen and oxygen atoms in total. The van der Waals surface area contributed by atoms with E-state index in [4.69, 9.17) is 11.6 Å². The Morgan fingerprint density at radius 3 is 2.42 bits per heavy atom. The SMILES string of the molecule is O=C(Nc1ccccn1)c1ccc(CN2C(=O)c3ccc(Cl)cc3NC(=O)C2Cc2ccc(F)cc2)cc1. The van der Waals surface area contributed by atoms with Crippen molar-refractivity contribution < 1.29 is 18.8 Å². The summed E-state index contributed by atoms with van der Waals surface area (Å²) in [6.07, 6.45) is 1.77. The topological polar surface area (TPSA) is 91.4 Å². The molecule has 0 bridgehead atoms. The number of anilines is 2. The number of fused-ring (bicyclic) bond motifs is 1. The molecule has 0 saturated heterocycles. The van der Waals surface area contributed by atoms with Crippen molar-refractivity contribution in [2.45, 2.75) is 19.0 Å². The fourth-order valence-corrected chi connectivity index (χ4v) is 4.44. The normalized spacial score (nSPS) is 14.9. The van der Waals surface area contributed by atoms with Crippen molar-refractivity contribution in [2.24, 2.45) is 0 Å². The molecule has 38 heavy (non-hydrogen) atoms. The highest BCUT2D eigenvalue weighted by Crippen LogP contribution is 2.29. The molecule has 3 aromatic carbocycles. The number of carbonyl (C=O) groups excluding carboxylic acids is 3. The van der Waals surface area contributed by atoms with Gasteiger partial charge >= 0.3 is 0 Å². The molecule has 3 amide bonds. The molecular formula is C29H22ClFN4O3. The molecule has 0 spiro atoms. The molecule has 4 aromatic rings. The number of halogens is 2. The zero-order valence-corrected chi connectivity index (χ0v) is 20.8. The Labute approximate surface area is 223 Å². The summed E-state index contributed by atoms with van der Waals surface area (Å²) in [7, 11) is 0. The molecule has 0 aliphatic carbocycles. The molecule has 1 unspecified atom stereocenters. The second-order valence-electron chi connectivity index (χ2n) is 8.82. The summed E-state index contributed by atoms with van der Waals surface area (Å²) in [5.74, 6) is -0.999. The molecule has 1 atom stereocenters. The van der Waals surface area contributed by atoms with Gasteiger partial charge in [0.1, 0.15) is 17.7 Å². The van der Waals surface area contributed by atoms with Crippen molar-refractivity contribution in [1.29, 1.82) is 0 Å². The fourth-order valence-electron chi connectivity index (χ4n) is 4.27. The second-order valence-corrected chi connectivity index (χ2v) is 9.26. The van der Waals surface area contributed by atoms with Crippen LogP contribution in [0.15, 0.2) is 91.1 Å². The average molecular weight is 529 g/mol. The van der Waals surface area contributed by atoms with Crippen LogP contribution in [0.5, 0.6) is 0 Å². The average Bonchev–Trinajstić information content (AvgIpc) is 3.00. The fraction of sp³-hybridized carbons (Fsp3) is 0.103. The smallest absolute Gasteiger partial charge is 0.256 e. The number of nitrogens with one attached hydrogen (secondary N) is 2. The van der Waals surface area contributed by atoms with Crippen LogP contribution in [-0.2, 0) is 17.8 Å². The van der Waals surface area contributed by atoms with E-state index in [0.29, 0.717) is 33.2 Å². The molecule has 9 heteroatoms. The van der Waals surface area contributed by atoms with Crippen LogP contribution in [-0.4, -0.2) is 33.6 Å². The molecule has 5 rings (SSSR count). The van der Waals surface area contributed by atoms with Gasteiger partial charge in [0.05, 0.1) is 11.3 Å². The molecule has 0 radical (unpaired) electrons. The standard InChI is InChI=1S/C29H22ClFN4O3/c30-21-10-13-23-24(16-21)33-28(37)25(15-18-6-11-22(31)12-7-18)35(29(23)38)17-19-4-8-20(9-5-19)27(36)34-26-3-1-2-14-32-26/h1-14,16,25H,15,17H2,(H,33,37)(H,32,34,36). The first-order valence-corrected chi connectivity index (χ1v) is 12.2. The molecular weight excluding hydrogens is 507 g/mol. The molecule has 1 aromatic heterocycles. The predicted octanol–water partition coefficient (Wildman–Crippen LogP) is 5.33. The monoisotopic (exact) mass is 528 g/mol. The van der Waals surface area contributed by atoms with Gasteiger partial charge in [0.2, 0.25) is 5.91 Å². The first-order chi connectivity index (χ1) is 18.4. The Morgan fingerprint density at radius 2 is 1.71 bits per heavy atom. The van der Waals surface area contributed by atoms with Crippen molar-refractivity contribution in [1.82, 2.24) is 9.88 Å². The third-order valence-corrected chi connectivity index (χ3v) is 6.46. The van der Waals surface area contributed by atoms with Crippen LogP contribution in [0, 0.1) is 5.82 Å². The van der Waals surface area contributed by atoms with Gasteiger partial charge < -0.3 is 15.5 Å². The second kappa shape index (κ2) is 10.8. The van der Waals surface area contributed by atoms with Crippen LogP contribution in [0.3, 0.4) is 0 Å². The highest BCUT2D eigenvalue weighted by molar-refractivity contribution is 6.31. The van der Waals surface area contributed by atoms with E-state index in [-0.39, 0.29) is 36.5 Å². The number of pyridine rings is 1. The number of amides is 3. The van der Waals surface area contributed by atoms with Crippen molar-refractivity contribution in [2.75, 3.05) is 10.6 Å². The Hall–Kier alpha value is -4.56. The van der Waals surface area contributed by atoms with Gasteiger partial charge in [-0.2, -0.15) is 0 Å².